The molecular weight excluding hydrogens is 236 g/mol. The number of likely N-dealkylation sites (N-methyl/N-ethyl adjacent to an activating group) is 1. The molecule has 0 spiro atoms. The topological polar surface area (TPSA) is 38.5 Å². The molecule has 19 heavy (non-hydrogen) atoms. The SMILES string of the molecule is CCC(C)CC(CC)(CN)N(C)CC1CCCCO1. The van der Waals surface area contributed by atoms with Gasteiger partial charge in [0, 0.05) is 25.2 Å². The van der Waals surface area contributed by atoms with Gasteiger partial charge in [-0.3, -0.25) is 4.90 Å². The largest absolute Gasteiger partial charge is 0.377 e. The third kappa shape index (κ3) is 4.73. The van der Waals surface area contributed by atoms with Crippen LogP contribution in [0.25, 0.3) is 0 Å². The van der Waals surface area contributed by atoms with Gasteiger partial charge in [-0.05, 0) is 45.1 Å². The third-order valence-corrected chi connectivity index (χ3v) is 5.02. The van der Waals surface area contributed by atoms with Crippen LogP contribution in [0, 0.1) is 5.92 Å². The van der Waals surface area contributed by atoms with Crippen molar-refractivity contribution in [1.82, 2.24) is 4.90 Å². The van der Waals surface area contributed by atoms with E-state index in [2.05, 4.69) is 32.7 Å². The zero-order valence-electron chi connectivity index (χ0n) is 13.5. The van der Waals surface area contributed by atoms with E-state index in [1.54, 1.807) is 0 Å². The Bertz CT molecular complexity index is 235. The van der Waals surface area contributed by atoms with Gasteiger partial charge < -0.3 is 10.5 Å². The van der Waals surface area contributed by atoms with Crippen LogP contribution in [0.1, 0.15) is 59.3 Å². The lowest BCUT2D eigenvalue weighted by Gasteiger charge is -2.44. The zero-order chi connectivity index (χ0) is 14.3. The fourth-order valence-electron chi connectivity index (χ4n) is 3.20. The first-order valence-electron chi connectivity index (χ1n) is 8.10. The van der Waals surface area contributed by atoms with Gasteiger partial charge in [-0.25, -0.2) is 0 Å². The molecule has 0 aromatic carbocycles. The molecule has 1 aliphatic rings. The lowest BCUT2D eigenvalue weighted by atomic mass is 9.83. The first-order chi connectivity index (χ1) is 9.07. The molecule has 0 amide bonds. The van der Waals surface area contributed by atoms with E-state index in [9.17, 15) is 0 Å². The van der Waals surface area contributed by atoms with Crippen LogP contribution >= 0.6 is 0 Å². The average Bonchev–Trinajstić information content (AvgIpc) is 2.45. The van der Waals surface area contributed by atoms with E-state index in [0.29, 0.717) is 6.10 Å². The molecule has 2 N–H and O–H groups in total. The highest BCUT2D eigenvalue weighted by Gasteiger charge is 2.34. The van der Waals surface area contributed by atoms with Gasteiger partial charge in [0.25, 0.3) is 0 Å². The van der Waals surface area contributed by atoms with E-state index in [1.165, 1.54) is 32.1 Å². The molecule has 3 unspecified atom stereocenters. The molecule has 1 rings (SSSR count). The summed E-state index contributed by atoms with van der Waals surface area (Å²) in [7, 11) is 2.23. The molecule has 0 saturated carbocycles. The minimum absolute atomic E-state index is 0.149. The van der Waals surface area contributed by atoms with Crippen LogP contribution in [0.5, 0.6) is 0 Å². The number of rotatable bonds is 8. The predicted molar refractivity (Wildman–Crippen MR) is 82.4 cm³/mol. The average molecular weight is 270 g/mol. The number of hydrogen-bond donors (Lipinski definition) is 1. The number of nitrogens with two attached hydrogens (primary N) is 1. The van der Waals surface area contributed by atoms with Crippen LogP contribution in [0.4, 0.5) is 0 Å². The first-order valence-corrected chi connectivity index (χ1v) is 8.10. The maximum atomic E-state index is 6.14. The lowest BCUT2D eigenvalue weighted by molar-refractivity contribution is -0.0276. The van der Waals surface area contributed by atoms with Crippen LogP contribution in [0.15, 0.2) is 0 Å². The first kappa shape index (κ1) is 16.9. The Morgan fingerprint density at radius 3 is 2.58 bits per heavy atom. The minimum Gasteiger partial charge on any atom is -0.377 e. The van der Waals surface area contributed by atoms with E-state index in [1.807, 2.05) is 0 Å². The van der Waals surface area contributed by atoms with E-state index in [4.69, 9.17) is 10.5 Å². The molecule has 0 aromatic heterocycles. The molecule has 0 radical (unpaired) electrons. The Hall–Kier alpha value is -0.120. The molecule has 3 heteroatoms. The molecular formula is C16H34N2O. The maximum absolute atomic E-state index is 6.14. The molecule has 0 aliphatic carbocycles. The molecule has 3 atom stereocenters. The summed E-state index contributed by atoms with van der Waals surface area (Å²) < 4.78 is 5.88. The van der Waals surface area contributed by atoms with Gasteiger partial charge >= 0.3 is 0 Å². The zero-order valence-corrected chi connectivity index (χ0v) is 13.5. The maximum Gasteiger partial charge on any atom is 0.0702 e. The van der Waals surface area contributed by atoms with Crippen molar-refractivity contribution in [3.63, 3.8) is 0 Å². The van der Waals surface area contributed by atoms with Gasteiger partial charge in [-0.15, -0.1) is 0 Å². The number of ether oxygens (including phenoxy) is 1. The predicted octanol–water partition coefficient (Wildman–Crippen LogP) is 3.03. The van der Waals surface area contributed by atoms with Gasteiger partial charge in [0.2, 0.25) is 0 Å². The second-order valence-corrected chi connectivity index (χ2v) is 6.37. The standard InChI is InChI=1S/C16H34N2O/c1-5-14(3)11-16(6-2,13-17)18(4)12-15-9-7-8-10-19-15/h14-15H,5-13,17H2,1-4H3. The molecule has 0 bridgehead atoms. The van der Waals surface area contributed by atoms with Gasteiger partial charge in [-0.2, -0.15) is 0 Å². The number of hydrogen-bond acceptors (Lipinski definition) is 3. The minimum atomic E-state index is 0.149. The molecule has 114 valence electrons. The molecule has 1 aliphatic heterocycles. The summed E-state index contributed by atoms with van der Waals surface area (Å²) in [6, 6.07) is 0. The van der Waals surface area contributed by atoms with Crippen molar-refractivity contribution in [2.24, 2.45) is 11.7 Å². The molecule has 1 saturated heterocycles. The van der Waals surface area contributed by atoms with Gasteiger partial charge in [0.1, 0.15) is 0 Å². The summed E-state index contributed by atoms with van der Waals surface area (Å²) in [4.78, 5) is 2.48. The molecule has 0 aromatic rings. The van der Waals surface area contributed by atoms with Crippen molar-refractivity contribution in [1.29, 1.82) is 0 Å². The van der Waals surface area contributed by atoms with Crippen molar-refractivity contribution in [2.45, 2.75) is 70.9 Å². The Morgan fingerprint density at radius 1 is 1.37 bits per heavy atom. The van der Waals surface area contributed by atoms with Crippen molar-refractivity contribution in [3.05, 3.63) is 0 Å². The second-order valence-electron chi connectivity index (χ2n) is 6.37. The molecule has 1 fully saturated rings. The lowest BCUT2D eigenvalue weighted by Crippen LogP contribution is -2.55. The summed E-state index contributed by atoms with van der Waals surface area (Å²) in [5.74, 6) is 0.734. The Balaban J connectivity index is 2.62. The highest BCUT2D eigenvalue weighted by Crippen LogP contribution is 2.28. The summed E-state index contributed by atoms with van der Waals surface area (Å²) in [6.07, 6.45) is 7.70. The van der Waals surface area contributed by atoms with Crippen LogP contribution in [-0.4, -0.2) is 43.3 Å². The summed E-state index contributed by atoms with van der Waals surface area (Å²) in [6.45, 7) is 9.59. The Morgan fingerprint density at radius 2 is 2.11 bits per heavy atom. The fourth-order valence-corrected chi connectivity index (χ4v) is 3.20. The van der Waals surface area contributed by atoms with Crippen LogP contribution in [-0.2, 0) is 4.74 Å². The summed E-state index contributed by atoms with van der Waals surface area (Å²) in [5, 5.41) is 0. The monoisotopic (exact) mass is 270 g/mol. The summed E-state index contributed by atoms with van der Waals surface area (Å²) in [5.41, 5.74) is 6.29. The smallest absolute Gasteiger partial charge is 0.0702 e. The Kier molecular flexibility index (Phi) is 7.33. The Labute approximate surface area is 119 Å². The van der Waals surface area contributed by atoms with E-state index < -0.39 is 0 Å². The van der Waals surface area contributed by atoms with Gasteiger partial charge in [0.15, 0.2) is 0 Å². The second kappa shape index (κ2) is 8.23. The van der Waals surface area contributed by atoms with Crippen molar-refractivity contribution >= 4 is 0 Å². The normalized spacial score (nSPS) is 25.3. The number of nitrogens with zero attached hydrogens (tertiary/aromatic N) is 1. The van der Waals surface area contributed by atoms with E-state index >= 15 is 0 Å². The van der Waals surface area contributed by atoms with Crippen molar-refractivity contribution in [2.75, 3.05) is 26.7 Å². The van der Waals surface area contributed by atoms with E-state index in [0.717, 1.165) is 32.0 Å². The highest BCUT2D eigenvalue weighted by molar-refractivity contribution is 4.91. The summed E-state index contributed by atoms with van der Waals surface area (Å²) >= 11 is 0. The fraction of sp³-hybridized carbons (Fsp3) is 1.00. The highest BCUT2D eigenvalue weighted by atomic mass is 16.5. The molecule has 3 nitrogen and oxygen atoms in total. The molecule has 1 heterocycles. The quantitative estimate of drug-likeness (QED) is 0.737. The van der Waals surface area contributed by atoms with Gasteiger partial charge in [0.05, 0.1) is 6.10 Å². The van der Waals surface area contributed by atoms with Crippen LogP contribution in [0.3, 0.4) is 0 Å². The van der Waals surface area contributed by atoms with E-state index in [-0.39, 0.29) is 5.54 Å². The van der Waals surface area contributed by atoms with Crippen LogP contribution in [0.2, 0.25) is 0 Å². The van der Waals surface area contributed by atoms with Crippen molar-refractivity contribution in [3.8, 4) is 0 Å². The third-order valence-electron chi connectivity index (χ3n) is 5.02. The van der Waals surface area contributed by atoms with Crippen molar-refractivity contribution < 1.29 is 4.74 Å². The van der Waals surface area contributed by atoms with Crippen LogP contribution < -0.4 is 5.73 Å². The van der Waals surface area contributed by atoms with Gasteiger partial charge in [-0.1, -0.05) is 27.2 Å².